The Morgan fingerprint density at radius 1 is 1.15 bits per heavy atom. The van der Waals surface area contributed by atoms with Gasteiger partial charge in [0.05, 0.1) is 0 Å². The number of nitrogens with zero attached hydrogens (tertiary/aromatic N) is 2. The standard InChI is InChI=1S/C20H22N2O4/c1-21(16-9-11-17(23)12-10-16)19(24)18-8-5-13-22(18)20(25)26-14-15-6-3-2-4-7-15/h2-4,6-7,9-12,18,23H,5,8,13-14H2,1H3. The Balaban J connectivity index is 1.64. The van der Waals surface area contributed by atoms with Crippen LogP contribution >= 0.6 is 0 Å². The van der Waals surface area contributed by atoms with Gasteiger partial charge in [0, 0.05) is 19.3 Å². The summed E-state index contributed by atoms with van der Waals surface area (Å²) in [6.45, 7) is 0.693. The van der Waals surface area contributed by atoms with Gasteiger partial charge in [0.25, 0.3) is 0 Å². The molecular formula is C20H22N2O4. The van der Waals surface area contributed by atoms with Gasteiger partial charge >= 0.3 is 6.09 Å². The third-order valence-electron chi connectivity index (χ3n) is 4.55. The number of aromatic hydroxyl groups is 1. The van der Waals surface area contributed by atoms with Crippen LogP contribution in [0.1, 0.15) is 18.4 Å². The second-order valence-electron chi connectivity index (χ2n) is 6.31. The first-order chi connectivity index (χ1) is 12.6. The van der Waals surface area contributed by atoms with Gasteiger partial charge in [0.15, 0.2) is 0 Å². The van der Waals surface area contributed by atoms with Gasteiger partial charge in [0.2, 0.25) is 5.91 Å². The first-order valence-corrected chi connectivity index (χ1v) is 8.60. The Hall–Kier alpha value is -3.02. The molecule has 1 N–H and O–H groups in total. The Labute approximate surface area is 152 Å². The second-order valence-corrected chi connectivity index (χ2v) is 6.31. The summed E-state index contributed by atoms with van der Waals surface area (Å²) in [5.74, 6) is -0.0218. The molecule has 136 valence electrons. The minimum Gasteiger partial charge on any atom is -0.508 e. The number of likely N-dealkylation sites (tertiary alicyclic amines) is 1. The fourth-order valence-electron chi connectivity index (χ4n) is 3.07. The number of likely N-dealkylation sites (N-methyl/N-ethyl adjacent to an activating group) is 1. The lowest BCUT2D eigenvalue weighted by Crippen LogP contribution is -2.46. The fraction of sp³-hybridized carbons (Fsp3) is 0.300. The number of phenolic OH excluding ortho intramolecular Hbond substituents is 1. The lowest BCUT2D eigenvalue weighted by atomic mass is 10.2. The van der Waals surface area contributed by atoms with Crippen LogP contribution in [0, 0.1) is 0 Å². The molecule has 0 aliphatic carbocycles. The zero-order chi connectivity index (χ0) is 18.5. The molecule has 1 heterocycles. The molecule has 1 atom stereocenters. The van der Waals surface area contributed by atoms with Crippen LogP contribution in [-0.4, -0.2) is 41.6 Å². The molecular weight excluding hydrogens is 332 g/mol. The van der Waals surface area contributed by atoms with Gasteiger partial charge in [-0.3, -0.25) is 9.69 Å². The van der Waals surface area contributed by atoms with Crippen molar-refractivity contribution in [2.75, 3.05) is 18.5 Å². The van der Waals surface area contributed by atoms with Gasteiger partial charge in [-0.15, -0.1) is 0 Å². The van der Waals surface area contributed by atoms with Gasteiger partial charge in [-0.25, -0.2) is 4.79 Å². The van der Waals surface area contributed by atoms with E-state index in [2.05, 4.69) is 0 Å². The Morgan fingerprint density at radius 2 is 1.85 bits per heavy atom. The van der Waals surface area contributed by atoms with Crippen molar-refractivity contribution < 1.29 is 19.4 Å². The van der Waals surface area contributed by atoms with E-state index in [0.717, 1.165) is 12.0 Å². The van der Waals surface area contributed by atoms with Gasteiger partial charge in [0.1, 0.15) is 18.4 Å². The number of rotatable bonds is 4. The maximum atomic E-state index is 12.8. The lowest BCUT2D eigenvalue weighted by Gasteiger charge is -2.27. The van der Waals surface area contributed by atoms with E-state index in [9.17, 15) is 14.7 Å². The van der Waals surface area contributed by atoms with Crippen molar-refractivity contribution in [1.82, 2.24) is 4.90 Å². The number of phenols is 1. The van der Waals surface area contributed by atoms with Crippen molar-refractivity contribution in [3.05, 3.63) is 60.2 Å². The molecule has 1 aliphatic rings. The van der Waals surface area contributed by atoms with Crippen molar-refractivity contribution in [2.45, 2.75) is 25.5 Å². The molecule has 3 rings (SSSR count). The molecule has 1 fully saturated rings. The molecule has 2 amide bonds. The first kappa shape index (κ1) is 17.8. The van der Waals surface area contributed by atoms with E-state index in [0.29, 0.717) is 18.7 Å². The van der Waals surface area contributed by atoms with E-state index in [-0.39, 0.29) is 18.3 Å². The molecule has 26 heavy (non-hydrogen) atoms. The van der Waals surface area contributed by atoms with Gasteiger partial charge in [-0.1, -0.05) is 30.3 Å². The summed E-state index contributed by atoms with van der Waals surface area (Å²) in [4.78, 5) is 28.3. The van der Waals surface area contributed by atoms with Crippen molar-refractivity contribution >= 4 is 17.7 Å². The number of amides is 2. The highest BCUT2D eigenvalue weighted by molar-refractivity contribution is 5.98. The van der Waals surface area contributed by atoms with Crippen molar-refractivity contribution in [3.63, 3.8) is 0 Å². The molecule has 1 aliphatic heterocycles. The highest BCUT2D eigenvalue weighted by atomic mass is 16.6. The summed E-state index contributed by atoms with van der Waals surface area (Å²) in [7, 11) is 1.67. The van der Waals surface area contributed by atoms with Crippen LogP contribution < -0.4 is 4.90 Å². The van der Waals surface area contributed by atoms with Crippen LogP contribution in [0.5, 0.6) is 5.75 Å². The zero-order valence-electron chi connectivity index (χ0n) is 14.7. The average Bonchev–Trinajstić information content (AvgIpc) is 3.16. The third-order valence-corrected chi connectivity index (χ3v) is 4.55. The molecule has 1 unspecified atom stereocenters. The Morgan fingerprint density at radius 3 is 2.54 bits per heavy atom. The van der Waals surface area contributed by atoms with Crippen LogP contribution in [0.4, 0.5) is 10.5 Å². The predicted octanol–water partition coefficient (Wildman–Crippen LogP) is 3.16. The van der Waals surface area contributed by atoms with E-state index in [1.807, 2.05) is 30.3 Å². The number of anilines is 1. The van der Waals surface area contributed by atoms with E-state index < -0.39 is 12.1 Å². The Bertz CT molecular complexity index is 761. The van der Waals surface area contributed by atoms with Gasteiger partial charge in [-0.2, -0.15) is 0 Å². The molecule has 6 nitrogen and oxygen atoms in total. The van der Waals surface area contributed by atoms with E-state index in [4.69, 9.17) is 4.74 Å². The monoisotopic (exact) mass is 354 g/mol. The van der Waals surface area contributed by atoms with E-state index >= 15 is 0 Å². The van der Waals surface area contributed by atoms with Crippen LogP contribution in [0.25, 0.3) is 0 Å². The summed E-state index contributed by atoms with van der Waals surface area (Å²) in [5.41, 5.74) is 1.57. The molecule has 0 spiro atoms. The number of hydrogen-bond donors (Lipinski definition) is 1. The molecule has 1 saturated heterocycles. The minimum atomic E-state index is -0.530. The zero-order valence-corrected chi connectivity index (χ0v) is 14.7. The average molecular weight is 354 g/mol. The topological polar surface area (TPSA) is 70.1 Å². The number of benzene rings is 2. The van der Waals surface area contributed by atoms with Crippen molar-refractivity contribution in [1.29, 1.82) is 0 Å². The van der Waals surface area contributed by atoms with Crippen molar-refractivity contribution in [3.8, 4) is 5.75 Å². The number of ether oxygens (including phenoxy) is 1. The third kappa shape index (κ3) is 3.96. The fourth-order valence-corrected chi connectivity index (χ4v) is 3.07. The Kier molecular flexibility index (Phi) is 5.41. The predicted molar refractivity (Wildman–Crippen MR) is 97.9 cm³/mol. The highest BCUT2D eigenvalue weighted by Crippen LogP contribution is 2.24. The first-order valence-electron chi connectivity index (χ1n) is 8.60. The molecule has 0 saturated carbocycles. The largest absolute Gasteiger partial charge is 0.508 e. The molecule has 0 radical (unpaired) electrons. The minimum absolute atomic E-state index is 0.140. The lowest BCUT2D eigenvalue weighted by molar-refractivity contribution is -0.122. The molecule has 2 aromatic carbocycles. The van der Waals surface area contributed by atoms with Crippen molar-refractivity contribution in [2.24, 2.45) is 0 Å². The van der Waals surface area contributed by atoms with Crippen LogP contribution in [0.2, 0.25) is 0 Å². The summed E-state index contributed by atoms with van der Waals surface area (Å²) in [6, 6.07) is 15.3. The van der Waals surface area contributed by atoms with Gasteiger partial charge in [-0.05, 0) is 42.7 Å². The second kappa shape index (κ2) is 7.91. The smallest absolute Gasteiger partial charge is 0.410 e. The van der Waals surface area contributed by atoms with Crippen LogP contribution in [0.15, 0.2) is 54.6 Å². The normalized spacial score (nSPS) is 16.3. The number of carbonyl (C=O) groups excluding carboxylic acids is 2. The number of hydrogen-bond acceptors (Lipinski definition) is 4. The maximum Gasteiger partial charge on any atom is 0.410 e. The maximum absolute atomic E-state index is 12.8. The summed E-state index contributed by atoms with van der Waals surface area (Å²) >= 11 is 0. The van der Waals surface area contributed by atoms with Crippen LogP contribution in [0.3, 0.4) is 0 Å². The highest BCUT2D eigenvalue weighted by Gasteiger charge is 2.37. The molecule has 0 bridgehead atoms. The molecule has 0 aromatic heterocycles. The van der Waals surface area contributed by atoms with E-state index in [1.165, 1.54) is 21.9 Å². The summed E-state index contributed by atoms with van der Waals surface area (Å²) < 4.78 is 5.38. The quantitative estimate of drug-likeness (QED) is 0.916. The molecule has 6 heteroatoms. The van der Waals surface area contributed by atoms with Crippen LogP contribution in [-0.2, 0) is 16.1 Å². The summed E-state index contributed by atoms with van der Waals surface area (Å²) in [5, 5.41) is 9.38. The molecule has 2 aromatic rings. The van der Waals surface area contributed by atoms with E-state index in [1.54, 1.807) is 19.2 Å². The van der Waals surface area contributed by atoms with Gasteiger partial charge < -0.3 is 14.7 Å². The summed E-state index contributed by atoms with van der Waals surface area (Å²) in [6.07, 6.45) is 0.908. The number of carbonyl (C=O) groups is 2. The SMILES string of the molecule is CN(C(=O)C1CCCN1C(=O)OCc1ccccc1)c1ccc(O)cc1.